The minimum Gasteiger partial charge on any atom is -0.378 e. The van der Waals surface area contributed by atoms with E-state index in [1.54, 1.807) is 24.3 Å². The normalized spacial score (nSPS) is 15.3. The van der Waals surface area contributed by atoms with E-state index in [0.717, 1.165) is 10.4 Å². The standard InChI is InChI=1S/C14H14ClN5O3/c15-11-3-1-10(2-4-11)9-16-20-14(22)12(17-18-20)13(21)19-5-7-23-8-6-19/h1-4,9,18H,5-8H2. The summed E-state index contributed by atoms with van der Waals surface area (Å²) in [4.78, 5) is 26.9. The van der Waals surface area contributed by atoms with E-state index in [1.807, 2.05) is 0 Å². The molecule has 23 heavy (non-hydrogen) atoms. The molecule has 1 N–H and O–H groups in total. The summed E-state index contributed by atoms with van der Waals surface area (Å²) in [6.45, 7) is 1.80. The number of nitrogens with one attached hydrogen (secondary N) is 1. The van der Waals surface area contributed by atoms with Gasteiger partial charge in [-0.2, -0.15) is 10.3 Å². The molecule has 0 radical (unpaired) electrons. The summed E-state index contributed by atoms with van der Waals surface area (Å²) in [6, 6.07) is 6.94. The lowest BCUT2D eigenvalue weighted by atomic mass is 10.2. The molecule has 0 atom stereocenters. The van der Waals surface area contributed by atoms with Crippen LogP contribution >= 0.6 is 11.6 Å². The molecule has 0 unspecified atom stereocenters. The van der Waals surface area contributed by atoms with E-state index in [1.165, 1.54) is 11.1 Å². The van der Waals surface area contributed by atoms with Crippen molar-refractivity contribution < 1.29 is 9.53 Å². The van der Waals surface area contributed by atoms with Crippen LogP contribution in [0.15, 0.2) is 34.2 Å². The highest BCUT2D eigenvalue weighted by molar-refractivity contribution is 6.30. The lowest BCUT2D eigenvalue weighted by Crippen LogP contribution is -2.42. The summed E-state index contributed by atoms with van der Waals surface area (Å²) in [5.74, 6) is -0.421. The summed E-state index contributed by atoms with van der Waals surface area (Å²) in [6.07, 6.45) is 1.47. The molecule has 1 amide bonds. The Bertz CT molecular complexity index is 774. The molecule has 8 nitrogen and oxygen atoms in total. The van der Waals surface area contributed by atoms with E-state index in [4.69, 9.17) is 16.3 Å². The molecular weight excluding hydrogens is 322 g/mol. The van der Waals surface area contributed by atoms with Gasteiger partial charge in [0.1, 0.15) is 0 Å². The number of ether oxygens (including phenoxy) is 1. The number of hydrogen-bond donors (Lipinski definition) is 1. The second-order valence-electron chi connectivity index (χ2n) is 4.88. The number of carbonyl (C=O) groups excluding carboxylic acids is 1. The highest BCUT2D eigenvalue weighted by atomic mass is 35.5. The van der Waals surface area contributed by atoms with E-state index >= 15 is 0 Å². The molecule has 1 aromatic heterocycles. The van der Waals surface area contributed by atoms with Crippen LogP contribution in [0, 0.1) is 0 Å². The van der Waals surface area contributed by atoms with Crippen LogP contribution in [-0.4, -0.2) is 58.4 Å². The van der Waals surface area contributed by atoms with Gasteiger partial charge in [0.05, 0.1) is 19.4 Å². The third-order valence-corrected chi connectivity index (χ3v) is 3.60. The summed E-state index contributed by atoms with van der Waals surface area (Å²) in [7, 11) is 0. The molecular formula is C14H14ClN5O3. The molecule has 0 spiro atoms. The van der Waals surface area contributed by atoms with E-state index < -0.39 is 11.5 Å². The quantitative estimate of drug-likeness (QED) is 0.830. The Balaban J connectivity index is 1.77. The second kappa shape index (κ2) is 6.76. The predicted molar refractivity (Wildman–Crippen MR) is 84.0 cm³/mol. The molecule has 1 fully saturated rings. The van der Waals surface area contributed by atoms with Crippen LogP contribution in [0.3, 0.4) is 0 Å². The van der Waals surface area contributed by atoms with Crippen LogP contribution in [0.5, 0.6) is 0 Å². The highest BCUT2D eigenvalue weighted by Crippen LogP contribution is 2.07. The predicted octanol–water partition coefficient (Wildman–Crippen LogP) is 0.579. The van der Waals surface area contributed by atoms with Gasteiger partial charge in [0, 0.05) is 18.1 Å². The van der Waals surface area contributed by atoms with Crippen molar-refractivity contribution in [3.8, 4) is 0 Å². The fraction of sp³-hybridized carbons (Fsp3) is 0.286. The molecule has 1 aromatic carbocycles. The number of aromatic nitrogens is 3. The van der Waals surface area contributed by atoms with Crippen molar-refractivity contribution in [2.24, 2.45) is 5.10 Å². The minimum atomic E-state index is -0.591. The maximum atomic E-state index is 12.3. The first-order valence-electron chi connectivity index (χ1n) is 6.99. The number of carbonyl (C=O) groups is 1. The van der Waals surface area contributed by atoms with Crippen molar-refractivity contribution in [3.63, 3.8) is 0 Å². The lowest BCUT2D eigenvalue weighted by molar-refractivity contribution is 0.0298. The van der Waals surface area contributed by atoms with E-state index in [2.05, 4.69) is 15.4 Å². The van der Waals surface area contributed by atoms with Crippen LogP contribution in [0.25, 0.3) is 0 Å². The van der Waals surface area contributed by atoms with Gasteiger partial charge in [-0.15, -0.1) is 9.89 Å². The number of rotatable bonds is 3. The lowest BCUT2D eigenvalue weighted by Gasteiger charge is -2.25. The van der Waals surface area contributed by atoms with Crippen molar-refractivity contribution in [2.75, 3.05) is 26.3 Å². The second-order valence-corrected chi connectivity index (χ2v) is 5.31. The average molecular weight is 336 g/mol. The van der Waals surface area contributed by atoms with Gasteiger partial charge in [-0.3, -0.25) is 9.59 Å². The largest absolute Gasteiger partial charge is 0.378 e. The third kappa shape index (κ3) is 3.49. The van der Waals surface area contributed by atoms with Crippen LogP contribution in [-0.2, 0) is 4.74 Å². The van der Waals surface area contributed by atoms with Gasteiger partial charge < -0.3 is 9.64 Å². The molecule has 1 saturated heterocycles. The Kier molecular flexibility index (Phi) is 4.54. The molecule has 1 aliphatic rings. The number of amides is 1. The van der Waals surface area contributed by atoms with Crippen LogP contribution in [0.1, 0.15) is 16.1 Å². The maximum absolute atomic E-state index is 12.3. The van der Waals surface area contributed by atoms with Crippen molar-refractivity contribution in [1.82, 2.24) is 20.0 Å². The maximum Gasteiger partial charge on any atom is 0.320 e. The molecule has 0 saturated carbocycles. The number of benzene rings is 1. The van der Waals surface area contributed by atoms with Gasteiger partial charge >= 0.3 is 5.56 Å². The monoisotopic (exact) mass is 335 g/mol. The minimum absolute atomic E-state index is 0.180. The smallest absolute Gasteiger partial charge is 0.320 e. The summed E-state index contributed by atoms with van der Waals surface area (Å²) in [5.41, 5.74) is -0.0104. The molecule has 0 aliphatic carbocycles. The summed E-state index contributed by atoms with van der Waals surface area (Å²) >= 11 is 5.80. The average Bonchev–Trinajstić information content (AvgIpc) is 2.95. The van der Waals surface area contributed by atoms with E-state index in [0.29, 0.717) is 31.3 Å². The van der Waals surface area contributed by atoms with Crippen molar-refractivity contribution in [3.05, 3.63) is 50.9 Å². The summed E-state index contributed by atoms with van der Waals surface area (Å²) < 4.78 is 5.18. The Morgan fingerprint density at radius 3 is 2.70 bits per heavy atom. The van der Waals surface area contributed by atoms with E-state index in [9.17, 15) is 9.59 Å². The molecule has 120 valence electrons. The number of morpholine rings is 1. The van der Waals surface area contributed by atoms with Gasteiger partial charge in [-0.1, -0.05) is 23.7 Å². The molecule has 1 aliphatic heterocycles. The molecule has 2 aromatic rings. The highest BCUT2D eigenvalue weighted by Gasteiger charge is 2.24. The Morgan fingerprint density at radius 1 is 1.30 bits per heavy atom. The number of halogens is 1. The van der Waals surface area contributed by atoms with Crippen LogP contribution in [0.4, 0.5) is 0 Å². The summed E-state index contributed by atoms with van der Waals surface area (Å²) in [5, 5.41) is 10.8. The van der Waals surface area contributed by atoms with Gasteiger partial charge in [-0.25, -0.2) is 0 Å². The zero-order valence-corrected chi connectivity index (χ0v) is 12.9. The van der Waals surface area contributed by atoms with Gasteiger partial charge in [0.2, 0.25) is 5.69 Å². The Labute approximate surface area is 136 Å². The topological polar surface area (TPSA) is 92.6 Å². The van der Waals surface area contributed by atoms with Crippen LogP contribution < -0.4 is 5.56 Å². The molecule has 2 heterocycles. The first-order chi connectivity index (χ1) is 11.1. The van der Waals surface area contributed by atoms with Crippen molar-refractivity contribution in [2.45, 2.75) is 0 Å². The van der Waals surface area contributed by atoms with Gasteiger partial charge in [-0.05, 0) is 17.7 Å². The fourth-order valence-corrected chi connectivity index (χ4v) is 2.22. The van der Waals surface area contributed by atoms with E-state index in [-0.39, 0.29) is 5.69 Å². The number of nitrogens with zero attached hydrogens (tertiary/aromatic N) is 4. The first kappa shape index (κ1) is 15.4. The number of H-pyrrole nitrogens is 1. The zero-order valence-electron chi connectivity index (χ0n) is 12.1. The zero-order chi connectivity index (χ0) is 16.2. The van der Waals surface area contributed by atoms with Crippen molar-refractivity contribution in [1.29, 1.82) is 0 Å². The molecule has 3 rings (SSSR count). The Morgan fingerprint density at radius 2 is 2.00 bits per heavy atom. The molecule has 0 bridgehead atoms. The fourth-order valence-electron chi connectivity index (χ4n) is 2.10. The van der Waals surface area contributed by atoms with Gasteiger partial charge in [0.15, 0.2) is 0 Å². The number of hydrogen-bond acceptors (Lipinski definition) is 5. The van der Waals surface area contributed by atoms with Crippen molar-refractivity contribution >= 4 is 23.7 Å². The van der Waals surface area contributed by atoms with Crippen LogP contribution in [0.2, 0.25) is 5.02 Å². The SMILES string of the molecule is O=C(c1n[nH]n(N=Cc2ccc(Cl)cc2)c1=O)N1CCOCC1. The van der Waals surface area contributed by atoms with Gasteiger partial charge in [0.25, 0.3) is 5.91 Å². The first-order valence-corrected chi connectivity index (χ1v) is 7.37. The third-order valence-electron chi connectivity index (χ3n) is 3.34. The number of aromatic amines is 1. The Hall–Kier alpha value is -2.45. The molecule has 9 heteroatoms.